The minimum Gasteiger partial charge on any atom is -0.326 e. The molecule has 0 heterocycles. The Labute approximate surface area is 153 Å². The highest BCUT2D eigenvalue weighted by Crippen LogP contribution is 2.37. The smallest absolute Gasteiger partial charge is 0.243 e. The van der Waals surface area contributed by atoms with E-state index in [0.717, 1.165) is 37.8 Å². The number of carbonyl (C=O) groups is 2. The van der Waals surface area contributed by atoms with Gasteiger partial charge in [-0.1, -0.05) is 43.2 Å². The van der Waals surface area contributed by atoms with E-state index in [1.165, 1.54) is 22.3 Å². The van der Waals surface area contributed by atoms with Crippen LogP contribution in [0.3, 0.4) is 0 Å². The lowest BCUT2D eigenvalue weighted by Crippen LogP contribution is -2.17. The van der Waals surface area contributed by atoms with Crippen molar-refractivity contribution in [3.05, 3.63) is 53.6 Å². The van der Waals surface area contributed by atoms with Crippen molar-refractivity contribution in [3.63, 3.8) is 0 Å². The number of carbonyl (C=O) groups excluding carboxylic acids is 2. The van der Waals surface area contributed by atoms with Gasteiger partial charge in [0.2, 0.25) is 11.8 Å². The SMILES string of the molecule is O=C(CCCCCCC(=O)Nc1ccc2c(c1)-c1ccccc1C2)NO. The molecule has 2 amide bonds. The van der Waals surface area contributed by atoms with Gasteiger partial charge in [0, 0.05) is 18.5 Å². The third kappa shape index (κ3) is 4.49. The van der Waals surface area contributed by atoms with Gasteiger partial charge in [0.05, 0.1) is 0 Å². The number of amides is 2. The first-order valence-electron chi connectivity index (χ1n) is 9.11. The van der Waals surface area contributed by atoms with Crippen LogP contribution in [0.4, 0.5) is 5.69 Å². The topological polar surface area (TPSA) is 78.4 Å². The molecule has 0 saturated carbocycles. The third-order valence-corrected chi connectivity index (χ3v) is 4.76. The second-order valence-electron chi connectivity index (χ2n) is 6.70. The predicted octanol–water partition coefficient (Wildman–Crippen LogP) is 4.04. The van der Waals surface area contributed by atoms with Crippen LogP contribution in [0.1, 0.15) is 49.7 Å². The third-order valence-electron chi connectivity index (χ3n) is 4.76. The van der Waals surface area contributed by atoms with E-state index in [9.17, 15) is 9.59 Å². The number of rotatable bonds is 8. The zero-order valence-electron chi connectivity index (χ0n) is 14.8. The van der Waals surface area contributed by atoms with Crippen LogP contribution < -0.4 is 10.8 Å². The zero-order chi connectivity index (χ0) is 18.4. The van der Waals surface area contributed by atoms with E-state index >= 15 is 0 Å². The summed E-state index contributed by atoms with van der Waals surface area (Å²) in [6.07, 6.45) is 5.02. The average molecular weight is 352 g/mol. The zero-order valence-corrected chi connectivity index (χ0v) is 14.8. The van der Waals surface area contributed by atoms with Crippen LogP contribution in [-0.4, -0.2) is 17.0 Å². The van der Waals surface area contributed by atoms with Gasteiger partial charge in [-0.3, -0.25) is 14.8 Å². The summed E-state index contributed by atoms with van der Waals surface area (Å²) in [7, 11) is 0. The normalized spacial score (nSPS) is 11.6. The van der Waals surface area contributed by atoms with Crippen LogP contribution in [0.5, 0.6) is 0 Å². The van der Waals surface area contributed by atoms with Gasteiger partial charge in [0.25, 0.3) is 0 Å². The van der Waals surface area contributed by atoms with Crippen LogP contribution >= 0.6 is 0 Å². The Morgan fingerprint density at radius 3 is 2.31 bits per heavy atom. The fraction of sp³-hybridized carbons (Fsp3) is 0.333. The fourth-order valence-corrected chi connectivity index (χ4v) is 3.41. The van der Waals surface area contributed by atoms with Crippen LogP contribution in [0.2, 0.25) is 0 Å². The monoisotopic (exact) mass is 352 g/mol. The molecule has 5 heteroatoms. The van der Waals surface area contributed by atoms with E-state index in [4.69, 9.17) is 5.21 Å². The van der Waals surface area contributed by atoms with Crippen LogP contribution in [0.15, 0.2) is 42.5 Å². The van der Waals surface area contributed by atoms with Gasteiger partial charge in [-0.2, -0.15) is 0 Å². The number of fused-ring (bicyclic) bond motifs is 3. The predicted molar refractivity (Wildman–Crippen MR) is 101 cm³/mol. The minimum absolute atomic E-state index is 0.0179. The Morgan fingerprint density at radius 2 is 1.54 bits per heavy atom. The Kier molecular flexibility index (Phi) is 6.02. The molecule has 1 aliphatic rings. The minimum atomic E-state index is -0.360. The summed E-state index contributed by atoms with van der Waals surface area (Å²) in [4.78, 5) is 23.0. The first kappa shape index (κ1) is 18.1. The van der Waals surface area contributed by atoms with E-state index in [2.05, 4.69) is 35.6 Å². The van der Waals surface area contributed by atoms with Gasteiger partial charge in [0.15, 0.2) is 0 Å². The Balaban J connectivity index is 1.45. The lowest BCUT2D eigenvalue weighted by atomic mass is 10.1. The number of benzene rings is 2. The molecule has 1 aliphatic carbocycles. The number of hydroxylamine groups is 1. The number of unbranched alkanes of at least 4 members (excludes halogenated alkanes) is 3. The van der Waals surface area contributed by atoms with Crippen molar-refractivity contribution < 1.29 is 14.8 Å². The maximum absolute atomic E-state index is 12.1. The molecule has 3 rings (SSSR count). The Hall–Kier alpha value is -2.66. The second kappa shape index (κ2) is 8.63. The fourth-order valence-electron chi connectivity index (χ4n) is 3.41. The molecule has 3 N–H and O–H groups in total. The van der Waals surface area contributed by atoms with Gasteiger partial charge in [-0.05, 0) is 53.6 Å². The molecule has 2 aromatic rings. The summed E-state index contributed by atoms with van der Waals surface area (Å²) in [6.45, 7) is 0. The van der Waals surface area contributed by atoms with Crippen LogP contribution in [-0.2, 0) is 16.0 Å². The number of anilines is 1. The molecule has 0 atom stereocenters. The second-order valence-corrected chi connectivity index (χ2v) is 6.70. The van der Waals surface area contributed by atoms with Gasteiger partial charge in [0.1, 0.15) is 0 Å². The molecular weight excluding hydrogens is 328 g/mol. The number of hydrogen-bond acceptors (Lipinski definition) is 3. The molecule has 0 aromatic heterocycles. The lowest BCUT2D eigenvalue weighted by molar-refractivity contribution is -0.129. The summed E-state index contributed by atoms with van der Waals surface area (Å²) >= 11 is 0. The Bertz CT molecular complexity index is 802. The highest BCUT2D eigenvalue weighted by atomic mass is 16.5. The molecule has 0 bridgehead atoms. The molecule has 5 nitrogen and oxygen atoms in total. The molecule has 0 spiro atoms. The maximum Gasteiger partial charge on any atom is 0.243 e. The van der Waals surface area contributed by atoms with Gasteiger partial charge < -0.3 is 5.32 Å². The van der Waals surface area contributed by atoms with E-state index in [1.807, 2.05) is 12.1 Å². The maximum atomic E-state index is 12.1. The Morgan fingerprint density at radius 1 is 0.846 bits per heavy atom. The lowest BCUT2D eigenvalue weighted by Gasteiger charge is -2.08. The van der Waals surface area contributed by atoms with Crippen molar-refractivity contribution in [1.29, 1.82) is 0 Å². The van der Waals surface area contributed by atoms with Crippen molar-refractivity contribution >= 4 is 17.5 Å². The van der Waals surface area contributed by atoms with E-state index in [0.29, 0.717) is 12.8 Å². The van der Waals surface area contributed by atoms with E-state index < -0.39 is 0 Å². The van der Waals surface area contributed by atoms with Crippen molar-refractivity contribution in [1.82, 2.24) is 5.48 Å². The van der Waals surface area contributed by atoms with Crippen molar-refractivity contribution in [2.75, 3.05) is 5.32 Å². The van der Waals surface area contributed by atoms with Crippen LogP contribution in [0, 0.1) is 0 Å². The van der Waals surface area contributed by atoms with Crippen molar-refractivity contribution in [2.24, 2.45) is 0 Å². The van der Waals surface area contributed by atoms with Gasteiger partial charge in [-0.15, -0.1) is 0 Å². The van der Waals surface area contributed by atoms with Crippen LogP contribution in [0.25, 0.3) is 11.1 Å². The molecule has 26 heavy (non-hydrogen) atoms. The first-order chi connectivity index (χ1) is 12.7. The number of hydrogen-bond donors (Lipinski definition) is 3. The molecule has 0 radical (unpaired) electrons. The average Bonchev–Trinajstić information content (AvgIpc) is 3.02. The molecular formula is C21H24N2O3. The highest BCUT2D eigenvalue weighted by molar-refractivity contribution is 5.92. The van der Waals surface area contributed by atoms with Crippen molar-refractivity contribution in [2.45, 2.75) is 44.9 Å². The molecule has 0 fully saturated rings. The summed E-state index contributed by atoms with van der Waals surface area (Å²) in [5.41, 5.74) is 7.56. The van der Waals surface area contributed by atoms with Gasteiger partial charge >= 0.3 is 0 Å². The summed E-state index contributed by atoms with van der Waals surface area (Å²) in [5, 5.41) is 11.4. The van der Waals surface area contributed by atoms with Gasteiger partial charge in [-0.25, -0.2) is 5.48 Å². The summed E-state index contributed by atoms with van der Waals surface area (Å²) in [6, 6.07) is 14.5. The van der Waals surface area contributed by atoms with E-state index in [-0.39, 0.29) is 11.8 Å². The molecule has 0 unspecified atom stereocenters. The molecule has 0 saturated heterocycles. The largest absolute Gasteiger partial charge is 0.326 e. The summed E-state index contributed by atoms with van der Waals surface area (Å²) in [5.74, 6) is -0.342. The molecule has 0 aliphatic heterocycles. The molecule has 2 aromatic carbocycles. The molecule has 136 valence electrons. The first-order valence-corrected chi connectivity index (χ1v) is 9.11. The highest BCUT2D eigenvalue weighted by Gasteiger charge is 2.18. The quantitative estimate of drug-likeness (QED) is 0.325. The van der Waals surface area contributed by atoms with E-state index in [1.54, 1.807) is 5.48 Å². The number of nitrogens with one attached hydrogen (secondary N) is 2. The van der Waals surface area contributed by atoms with Crippen molar-refractivity contribution in [3.8, 4) is 11.1 Å². The summed E-state index contributed by atoms with van der Waals surface area (Å²) < 4.78 is 0. The standard InChI is InChI=1S/C21H24N2O3/c24-20(9-3-1-2-4-10-21(25)23-26)22-17-12-11-16-13-15-7-5-6-8-18(15)19(16)14-17/h5-8,11-12,14,26H,1-4,9-10,13H2,(H,22,24)(H,23,25).